The lowest BCUT2D eigenvalue weighted by Crippen LogP contribution is -2.63. The largest absolute Gasteiger partial charge is 0.484 e. The Morgan fingerprint density at radius 3 is 2.09 bits per heavy atom. The molecule has 1 N–H and O–H groups in total. The molecule has 1 aromatic carbocycles. The number of amides is 1. The maximum Gasteiger partial charge on any atom is 0.460 e. The molecule has 7 nitrogen and oxygen atoms in total. The maximum atomic E-state index is 14.2. The number of methoxy groups -OCH3 is 1. The first-order chi connectivity index (χ1) is 14.6. The molecule has 0 saturated heterocycles. The third-order valence-corrected chi connectivity index (χ3v) is 6.13. The van der Waals surface area contributed by atoms with Gasteiger partial charge >= 0.3 is 29.4 Å². The lowest BCUT2D eigenvalue weighted by Gasteiger charge is -2.40. The molecule has 188 valence electrons. The number of hydrogen-bond donors (Lipinski definition) is 1. The van der Waals surface area contributed by atoms with Gasteiger partial charge in [-0.15, -0.1) is 0 Å². The van der Waals surface area contributed by atoms with E-state index in [0.29, 0.717) is 6.07 Å². The zero-order valence-electron chi connectivity index (χ0n) is 16.7. The van der Waals surface area contributed by atoms with Gasteiger partial charge in [0.15, 0.2) is 0 Å². The average molecular weight is 518 g/mol. The van der Waals surface area contributed by atoms with Crippen LogP contribution in [0, 0.1) is 0 Å². The minimum Gasteiger partial charge on any atom is -0.484 e. The van der Waals surface area contributed by atoms with Crippen LogP contribution in [0.15, 0.2) is 23.1 Å². The molecule has 0 unspecified atom stereocenters. The molecule has 0 fully saturated rings. The second kappa shape index (κ2) is 7.73. The summed E-state index contributed by atoms with van der Waals surface area (Å²) in [6.45, 7) is 2.69. The molecule has 0 spiro atoms. The molecule has 0 atom stereocenters. The number of sulfone groups is 1. The van der Waals surface area contributed by atoms with Crippen molar-refractivity contribution in [1.82, 2.24) is 5.43 Å². The molecule has 2 rings (SSSR count). The fraction of sp³-hybridized carbons (Fsp3) is 0.562. The summed E-state index contributed by atoms with van der Waals surface area (Å²) in [5, 5.41) is -6.08. The fourth-order valence-electron chi connectivity index (χ4n) is 2.69. The van der Waals surface area contributed by atoms with E-state index >= 15 is 0 Å². The summed E-state index contributed by atoms with van der Waals surface area (Å²) in [5.74, 6) is -15.0. The zero-order chi connectivity index (χ0) is 25.8. The fourth-order valence-corrected chi connectivity index (χ4v) is 3.97. The Kier molecular flexibility index (Phi) is 6.25. The van der Waals surface area contributed by atoms with Crippen molar-refractivity contribution in [3.8, 4) is 5.75 Å². The van der Waals surface area contributed by atoms with Crippen LogP contribution in [0.1, 0.15) is 13.8 Å². The van der Waals surface area contributed by atoms with Gasteiger partial charge in [0.2, 0.25) is 9.84 Å². The van der Waals surface area contributed by atoms with Gasteiger partial charge in [-0.25, -0.2) is 18.6 Å². The SMILES string of the molecule is COC(=O)NN1CC(C)(C)Oc2ccc(S(=O)(=O)C(F)(F)C(F)(F)C(F)(F)C(F)(F)F)cc21. The standard InChI is InChI=1S/C16H15F9N2O5S/c1-12(2)7-27(26-11(28)31-3)9-6-8(4-5-10(9)32-12)33(29,30)16(24,25)14(19,20)13(17,18)15(21,22)23/h4-6H,7H2,1-3H3,(H,26,28). The molecule has 0 aliphatic carbocycles. The predicted octanol–water partition coefficient (Wildman–Crippen LogP) is 4.13. The zero-order valence-corrected chi connectivity index (χ0v) is 17.6. The van der Waals surface area contributed by atoms with Gasteiger partial charge in [0.05, 0.1) is 18.6 Å². The van der Waals surface area contributed by atoms with Crippen molar-refractivity contribution in [3.05, 3.63) is 18.2 Å². The first-order valence-electron chi connectivity index (χ1n) is 8.52. The van der Waals surface area contributed by atoms with Crippen molar-refractivity contribution in [2.24, 2.45) is 0 Å². The number of hydrazine groups is 1. The number of nitrogens with zero attached hydrogens (tertiary/aromatic N) is 1. The highest BCUT2D eigenvalue weighted by Gasteiger charge is 2.85. The Hall–Kier alpha value is -2.59. The third kappa shape index (κ3) is 4.21. The molecule has 1 aliphatic rings. The summed E-state index contributed by atoms with van der Waals surface area (Å²) in [7, 11) is -5.91. The number of rotatable bonds is 5. The molecule has 0 saturated carbocycles. The first kappa shape index (κ1) is 26.7. The van der Waals surface area contributed by atoms with Crippen LogP contribution in [-0.2, 0) is 14.6 Å². The average Bonchev–Trinajstić information content (AvgIpc) is 2.65. The number of carbonyl (C=O) groups is 1. The van der Waals surface area contributed by atoms with E-state index in [2.05, 4.69) is 10.2 Å². The molecule has 1 aliphatic heterocycles. The summed E-state index contributed by atoms with van der Waals surface area (Å²) in [4.78, 5) is 9.79. The Balaban J connectivity index is 2.63. The number of hydrogen-bond acceptors (Lipinski definition) is 6. The van der Waals surface area contributed by atoms with Crippen LogP contribution in [-0.4, -0.2) is 57.0 Å². The minimum atomic E-state index is -7.39. The number of halogens is 9. The number of anilines is 1. The Morgan fingerprint density at radius 1 is 1.06 bits per heavy atom. The monoisotopic (exact) mass is 518 g/mol. The number of carbonyl (C=O) groups excluding carboxylic acids is 1. The van der Waals surface area contributed by atoms with Gasteiger partial charge < -0.3 is 9.47 Å². The van der Waals surface area contributed by atoms with Gasteiger partial charge in [0, 0.05) is 0 Å². The number of nitrogens with one attached hydrogen (secondary N) is 1. The third-order valence-electron chi connectivity index (χ3n) is 4.32. The molecule has 1 amide bonds. The van der Waals surface area contributed by atoms with E-state index < -0.39 is 55.4 Å². The molecular formula is C16H15F9N2O5S. The van der Waals surface area contributed by atoms with Crippen molar-refractivity contribution >= 4 is 21.6 Å². The van der Waals surface area contributed by atoms with Crippen LogP contribution in [0.4, 0.5) is 50.0 Å². The van der Waals surface area contributed by atoms with Gasteiger partial charge in [0.1, 0.15) is 17.0 Å². The van der Waals surface area contributed by atoms with Crippen LogP contribution in [0.2, 0.25) is 0 Å². The highest BCUT2D eigenvalue weighted by Crippen LogP contribution is 2.56. The van der Waals surface area contributed by atoms with Crippen molar-refractivity contribution in [3.63, 3.8) is 0 Å². The lowest BCUT2D eigenvalue weighted by molar-refractivity contribution is -0.382. The van der Waals surface area contributed by atoms with Crippen LogP contribution in [0.25, 0.3) is 0 Å². The Labute approximate surface area is 180 Å². The van der Waals surface area contributed by atoms with Crippen LogP contribution < -0.4 is 15.2 Å². The lowest BCUT2D eigenvalue weighted by atomic mass is 10.1. The summed E-state index contributed by atoms with van der Waals surface area (Å²) in [5.41, 5.74) is 0.470. The normalized spacial score (nSPS) is 17.2. The smallest absolute Gasteiger partial charge is 0.460 e. The molecule has 33 heavy (non-hydrogen) atoms. The molecule has 1 heterocycles. The summed E-state index contributed by atoms with van der Waals surface area (Å²) < 4.78 is 153. The van der Waals surface area contributed by atoms with Gasteiger partial charge in [-0.2, -0.15) is 39.5 Å². The number of alkyl halides is 9. The van der Waals surface area contributed by atoms with Crippen molar-refractivity contribution in [1.29, 1.82) is 0 Å². The number of benzene rings is 1. The van der Waals surface area contributed by atoms with Crippen molar-refractivity contribution in [2.75, 3.05) is 18.7 Å². The summed E-state index contributed by atoms with van der Waals surface area (Å²) >= 11 is 0. The molecular weight excluding hydrogens is 503 g/mol. The Morgan fingerprint density at radius 2 is 1.61 bits per heavy atom. The molecule has 0 radical (unpaired) electrons. The first-order valence-corrected chi connectivity index (χ1v) is 10.0. The quantitative estimate of drug-likeness (QED) is 0.591. The molecule has 0 bridgehead atoms. The number of ether oxygens (including phenoxy) is 2. The van der Waals surface area contributed by atoms with Gasteiger partial charge in [-0.3, -0.25) is 5.01 Å². The highest BCUT2D eigenvalue weighted by molar-refractivity contribution is 7.92. The molecule has 0 aromatic heterocycles. The van der Waals surface area contributed by atoms with Crippen LogP contribution in [0.5, 0.6) is 5.75 Å². The van der Waals surface area contributed by atoms with Crippen LogP contribution in [0.3, 0.4) is 0 Å². The Bertz CT molecular complexity index is 1040. The van der Waals surface area contributed by atoms with Gasteiger partial charge in [0.25, 0.3) is 0 Å². The van der Waals surface area contributed by atoms with E-state index in [0.717, 1.165) is 12.1 Å². The molecule has 1 aromatic rings. The van der Waals surface area contributed by atoms with E-state index in [4.69, 9.17) is 4.74 Å². The maximum absolute atomic E-state index is 14.2. The van der Waals surface area contributed by atoms with Gasteiger partial charge in [-0.1, -0.05) is 0 Å². The topological polar surface area (TPSA) is 84.9 Å². The van der Waals surface area contributed by atoms with E-state index in [1.165, 1.54) is 13.8 Å². The summed E-state index contributed by atoms with van der Waals surface area (Å²) in [6, 6.07) is 1.17. The second-order valence-electron chi connectivity index (χ2n) is 7.35. The van der Waals surface area contributed by atoms with E-state index in [-0.39, 0.29) is 24.4 Å². The van der Waals surface area contributed by atoms with Crippen molar-refractivity contribution < 1.29 is 62.2 Å². The van der Waals surface area contributed by atoms with E-state index in [9.17, 15) is 52.7 Å². The van der Waals surface area contributed by atoms with Crippen molar-refractivity contribution in [2.45, 2.75) is 47.6 Å². The van der Waals surface area contributed by atoms with E-state index in [1.54, 1.807) is 0 Å². The predicted molar refractivity (Wildman–Crippen MR) is 92.1 cm³/mol. The summed E-state index contributed by atoms with van der Waals surface area (Å²) in [6.07, 6.45) is -8.32. The molecule has 17 heteroatoms. The van der Waals surface area contributed by atoms with Crippen LogP contribution >= 0.6 is 0 Å². The second-order valence-corrected chi connectivity index (χ2v) is 9.34. The number of fused-ring (bicyclic) bond motifs is 1. The van der Waals surface area contributed by atoms with Gasteiger partial charge in [-0.05, 0) is 32.0 Å². The highest BCUT2D eigenvalue weighted by atomic mass is 32.2. The van der Waals surface area contributed by atoms with E-state index in [1.807, 2.05) is 0 Å². The minimum absolute atomic E-state index is 0.242.